The normalized spacial score (nSPS) is 11.2. The second-order valence-corrected chi connectivity index (χ2v) is 5.95. The molecule has 1 rings (SSSR count). The highest BCUT2D eigenvalue weighted by molar-refractivity contribution is 7.89. The summed E-state index contributed by atoms with van der Waals surface area (Å²) >= 11 is 0. The average molecular weight is 300 g/mol. The van der Waals surface area contributed by atoms with Gasteiger partial charge in [0.05, 0.1) is 11.3 Å². The Morgan fingerprint density at radius 3 is 2.30 bits per heavy atom. The van der Waals surface area contributed by atoms with Gasteiger partial charge in [-0.1, -0.05) is 12.1 Å². The van der Waals surface area contributed by atoms with Crippen molar-refractivity contribution in [3.8, 4) is 0 Å². The summed E-state index contributed by atoms with van der Waals surface area (Å²) in [7, 11) is -3.65. The number of carbonyl (C=O) groups excluding carboxylic acids is 1. The van der Waals surface area contributed by atoms with Gasteiger partial charge < -0.3 is 10.8 Å². The minimum Gasteiger partial charge on any atom is -0.481 e. The predicted molar refractivity (Wildman–Crippen MR) is 71.4 cm³/mol. The lowest BCUT2D eigenvalue weighted by Gasteiger charge is -2.06. The lowest BCUT2D eigenvalue weighted by atomic mass is 10.2. The SMILES string of the molecule is NC(=O)CCCNS(=O)(=O)c1ccc(CC(=O)O)cc1. The molecular formula is C12H16N2O5S. The van der Waals surface area contributed by atoms with Crippen LogP contribution in [0.3, 0.4) is 0 Å². The Morgan fingerprint density at radius 1 is 1.20 bits per heavy atom. The maximum atomic E-state index is 11.9. The number of carboxylic acids is 1. The van der Waals surface area contributed by atoms with Gasteiger partial charge in [0.25, 0.3) is 0 Å². The second kappa shape index (κ2) is 7.01. The summed E-state index contributed by atoms with van der Waals surface area (Å²) in [5.74, 6) is -1.47. The van der Waals surface area contributed by atoms with Crippen molar-refractivity contribution >= 4 is 21.9 Å². The summed E-state index contributed by atoms with van der Waals surface area (Å²) < 4.78 is 26.1. The molecule has 0 bridgehead atoms. The van der Waals surface area contributed by atoms with Crippen LogP contribution in [0, 0.1) is 0 Å². The third kappa shape index (κ3) is 5.37. The summed E-state index contributed by atoms with van der Waals surface area (Å²) in [4.78, 5) is 21.1. The molecule has 8 heteroatoms. The van der Waals surface area contributed by atoms with E-state index < -0.39 is 21.9 Å². The molecule has 110 valence electrons. The highest BCUT2D eigenvalue weighted by Crippen LogP contribution is 2.11. The molecule has 7 nitrogen and oxygen atoms in total. The third-order valence-corrected chi connectivity index (χ3v) is 3.96. The number of amides is 1. The number of hydrogen-bond donors (Lipinski definition) is 3. The van der Waals surface area contributed by atoms with E-state index in [0.29, 0.717) is 12.0 Å². The van der Waals surface area contributed by atoms with Crippen molar-refractivity contribution in [3.63, 3.8) is 0 Å². The van der Waals surface area contributed by atoms with Gasteiger partial charge in [-0.3, -0.25) is 9.59 Å². The van der Waals surface area contributed by atoms with E-state index in [4.69, 9.17) is 10.8 Å². The van der Waals surface area contributed by atoms with Crippen LogP contribution in [0.2, 0.25) is 0 Å². The van der Waals surface area contributed by atoms with Gasteiger partial charge in [-0.25, -0.2) is 13.1 Å². The summed E-state index contributed by atoms with van der Waals surface area (Å²) in [6.07, 6.45) is 0.276. The number of sulfonamides is 1. The van der Waals surface area contributed by atoms with Gasteiger partial charge in [0.15, 0.2) is 0 Å². The van der Waals surface area contributed by atoms with Crippen LogP contribution in [-0.2, 0) is 26.0 Å². The average Bonchev–Trinajstić information content (AvgIpc) is 2.34. The molecular weight excluding hydrogens is 284 g/mol. The monoisotopic (exact) mass is 300 g/mol. The van der Waals surface area contributed by atoms with Gasteiger partial charge in [-0.15, -0.1) is 0 Å². The molecule has 20 heavy (non-hydrogen) atoms. The molecule has 0 spiro atoms. The molecule has 0 aromatic heterocycles. The number of carboxylic acid groups (broad SMARTS) is 1. The molecule has 0 heterocycles. The largest absolute Gasteiger partial charge is 0.481 e. The Labute approximate surface area is 116 Å². The van der Waals surface area contributed by atoms with Gasteiger partial charge in [0, 0.05) is 13.0 Å². The number of rotatable bonds is 8. The molecule has 0 aliphatic carbocycles. The summed E-state index contributed by atoms with van der Waals surface area (Å²) in [5, 5.41) is 8.62. The number of aliphatic carboxylic acids is 1. The molecule has 1 aromatic rings. The Bertz CT molecular complexity index is 580. The van der Waals surface area contributed by atoms with Gasteiger partial charge in [0.1, 0.15) is 0 Å². The van der Waals surface area contributed by atoms with Crippen LogP contribution < -0.4 is 10.5 Å². The zero-order chi connectivity index (χ0) is 15.2. The fourth-order valence-electron chi connectivity index (χ4n) is 1.51. The zero-order valence-electron chi connectivity index (χ0n) is 10.7. The standard InChI is InChI=1S/C12H16N2O5S/c13-11(15)2-1-7-14-20(18,19)10-5-3-9(4-6-10)8-12(16)17/h3-6,14H,1-2,7-8H2,(H2,13,15)(H,16,17). The van der Waals surface area contributed by atoms with E-state index in [9.17, 15) is 18.0 Å². The highest BCUT2D eigenvalue weighted by Gasteiger charge is 2.13. The predicted octanol–water partition coefficient (Wildman–Crippen LogP) is -0.142. The van der Waals surface area contributed by atoms with Gasteiger partial charge in [0.2, 0.25) is 15.9 Å². The Morgan fingerprint density at radius 2 is 1.80 bits per heavy atom. The first-order valence-electron chi connectivity index (χ1n) is 5.90. The van der Waals surface area contributed by atoms with Crippen LogP contribution in [0.5, 0.6) is 0 Å². The summed E-state index contributed by atoms with van der Waals surface area (Å²) in [6, 6.07) is 5.58. The lowest BCUT2D eigenvalue weighted by molar-refractivity contribution is -0.136. The molecule has 0 radical (unpaired) electrons. The molecule has 0 aliphatic rings. The van der Waals surface area contributed by atoms with E-state index in [2.05, 4.69) is 4.72 Å². The van der Waals surface area contributed by atoms with Crippen LogP contribution in [0.1, 0.15) is 18.4 Å². The number of carbonyl (C=O) groups is 2. The van der Waals surface area contributed by atoms with E-state index >= 15 is 0 Å². The summed E-state index contributed by atoms with van der Waals surface area (Å²) in [6.45, 7) is 0.113. The quantitative estimate of drug-likeness (QED) is 0.576. The van der Waals surface area contributed by atoms with Crippen molar-refractivity contribution in [3.05, 3.63) is 29.8 Å². The van der Waals surface area contributed by atoms with E-state index in [-0.39, 0.29) is 24.3 Å². The number of nitrogens with two attached hydrogens (primary N) is 1. The van der Waals surface area contributed by atoms with Crippen molar-refractivity contribution in [2.45, 2.75) is 24.2 Å². The van der Waals surface area contributed by atoms with Crippen LogP contribution >= 0.6 is 0 Å². The topological polar surface area (TPSA) is 127 Å². The fourth-order valence-corrected chi connectivity index (χ4v) is 2.59. The van der Waals surface area contributed by atoms with E-state index in [1.807, 2.05) is 0 Å². The maximum absolute atomic E-state index is 11.9. The van der Waals surface area contributed by atoms with Crippen molar-refractivity contribution in [1.29, 1.82) is 0 Å². The molecule has 0 fully saturated rings. The van der Waals surface area contributed by atoms with Crippen molar-refractivity contribution < 1.29 is 23.1 Å². The molecule has 0 saturated carbocycles. The number of benzene rings is 1. The van der Waals surface area contributed by atoms with Crippen LogP contribution in [0.25, 0.3) is 0 Å². The van der Waals surface area contributed by atoms with Crippen molar-refractivity contribution in [1.82, 2.24) is 4.72 Å². The molecule has 0 saturated heterocycles. The number of hydrogen-bond acceptors (Lipinski definition) is 4. The smallest absolute Gasteiger partial charge is 0.307 e. The van der Waals surface area contributed by atoms with Crippen LogP contribution in [0.4, 0.5) is 0 Å². The third-order valence-electron chi connectivity index (χ3n) is 2.48. The molecule has 0 aliphatic heterocycles. The Hall–Kier alpha value is -1.93. The number of nitrogens with one attached hydrogen (secondary N) is 1. The van der Waals surface area contributed by atoms with E-state index in [1.165, 1.54) is 24.3 Å². The van der Waals surface area contributed by atoms with E-state index in [1.54, 1.807) is 0 Å². The first-order valence-corrected chi connectivity index (χ1v) is 7.38. The number of primary amides is 1. The zero-order valence-corrected chi connectivity index (χ0v) is 11.5. The van der Waals surface area contributed by atoms with Gasteiger partial charge >= 0.3 is 5.97 Å². The van der Waals surface area contributed by atoms with E-state index in [0.717, 1.165) is 0 Å². The first kappa shape index (κ1) is 16.1. The fraction of sp³-hybridized carbons (Fsp3) is 0.333. The Balaban J connectivity index is 2.63. The molecule has 1 amide bonds. The summed E-state index contributed by atoms with van der Waals surface area (Å²) in [5.41, 5.74) is 5.46. The minimum absolute atomic E-state index is 0.0470. The Kier molecular flexibility index (Phi) is 5.66. The molecule has 0 unspecified atom stereocenters. The lowest BCUT2D eigenvalue weighted by Crippen LogP contribution is -2.25. The highest BCUT2D eigenvalue weighted by atomic mass is 32.2. The first-order chi connectivity index (χ1) is 9.31. The van der Waals surface area contributed by atoms with Crippen LogP contribution in [-0.4, -0.2) is 31.9 Å². The van der Waals surface area contributed by atoms with Gasteiger partial charge in [-0.05, 0) is 24.1 Å². The second-order valence-electron chi connectivity index (χ2n) is 4.18. The van der Waals surface area contributed by atoms with Crippen molar-refractivity contribution in [2.75, 3.05) is 6.54 Å². The minimum atomic E-state index is -3.65. The van der Waals surface area contributed by atoms with Gasteiger partial charge in [-0.2, -0.15) is 0 Å². The van der Waals surface area contributed by atoms with Crippen LogP contribution in [0.15, 0.2) is 29.2 Å². The maximum Gasteiger partial charge on any atom is 0.307 e. The molecule has 4 N–H and O–H groups in total. The molecule has 0 atom stereocenters. The molecule has 1 aromatic carbocycles. The van der Waals surface area contributed by atoms with Crippen molar-refractivity contribution in [2.24, 2.45) is 5.73 Å².